The highest BCUT2D eigenvalue weighted by atomic mass is 35.5. The van der Waals surface area contributed by atoms with E-state index in [1.807, 2.05) is 6.92 Å². The van der Waals surface area contributed by atoms with E-state index in [0.717, 1.165) is 6.61 Å². The summed E-state index contributed by atoms with van der Waals surface area (Å²) < 4.78 is 10.5. The van der Waals surface area contributed by atoms with Gasteiger partial charge in [-0.15, -0.1) is 0 Å². The SMILES string of the molecule is CC(COC[C@@H]1CO1)NCc1nc(Cl)nc(C(=O)O)c1Cl. The first-order valence-corrected chi connectivity index (χ1v) is 7.11. The molecule has 1 aromatic rings. The van der Waals surface area contributed by atoms with Crippen LogP contribution in [0.25, 0.3) is 0 Å². The van der Waals surface area contributed by atoms with Crippen molar-refractivity contribution in [1.82, 2.24) is 15.3 Å². The molecule has 0 aromatic carbocycles. The maximum absolute atomic E-state index is 11.0. The van der Waals surface area contributed by atoms with E-state index < -0.39 is 5.97 Å². The van der Waals surface area contributed by atoms with E-state index in [2.05, 4.69) is 15.3 Å². The van der Waals surface area contributed by atoms with E-state index in [0.29, 0.717) is 18.9 Å². The van der Waals surface area contributed by atoms with Crippen LogP contribution in [0.15, 0.2) is 0 Å². The summed E-state index contributed by atoms with van der Waals surface area (Å²) in [6.07, 6.45) is 0.227. The van der Waals surface area contributed by atoms with Crippen molar-refractivity contribution in [1.29, 1.82) is 0 Å². The Kier molecular flexibility index (Phi) is 5.72. The molecule has 1 aromatic heterocycles. The highest BCUT2D eigenvalue weighted by Crippen LogP contribution is 2.20. The Bertz CT molecular complexity index is 525. The minimum Gasteiger partial charge on any atom is -0.476 e. The zero-order valence-corrected chi connectivity index (χ0v) is 12.8. The number of aromatic nitrogens is 2. The molecule has 0 radical (unpaired) electrons. The fourth-order valence-corrected chi connectivity index (χ4v) is 2.01. The van der Waals surface area contributed by atoms with Gasteiger partial charge in [0.2, 0.25) is 5.28 Å². The maximum Gasteiger partial charge on any atom is 0.356 e. The van der Waals surface area contributed by atoms with E-state index in [1.165, 1.54) is 0 Å². The summed E-state index contributed by atoms with van der Waals surface area (Å²) in [5.74, 6) is -1.24. The highest BCUT2D eigenvalue weighted by molar-refractivity contribution is 6.34. The molecule has 2 N–H and O–H groups in total. The largest absolute Gasteiger partial charge is 0.476 e. The summed E-state index contributed by atoms with van der Waals surface area (Å²) in [7, 11) is 0. The van der Waals surface area contributed by atoms with E-state index >= 15 is 0 Å². The van der Waals surface area contributed by atoms with Crippen LogP contribution in [0, 0.1) is 0 Å². The highest BCUT2D eigenvalue weighted by Gasteiger charge is 2.22. The predicted octanol–water partition coefficient (Wildman–Crippen LogP) is 1.38. The third-order valence-electron chi connectivity index (χ3n) is 2.79. The first-order chi connectivity index (χ1) is 9.97. The van der Waals surface area contributed by atoms with Gasteiger partial charge in [0.15, 0.2) is 5.69 Å². The number of hydrogen-bond acceptors (Lipinski definition) is 6. The van der Waals surface area contributed by atoms with Crippen LogP contribution >= 0.6 is 23.2 Å². The molecule has 2 heterocycles. The first-order valence-electron chi connectivity index (χ1n) is 6.35. The fourth-order valence-electron chi connectivity index (χ4n) is 1.59. The molecule has 0 aliphatic carbocycles. The third kappa shape index (κ3) is 5.05. The van der Waals surface area contributed by atoms with Gasteiger partial charge in [-0.2, -0.15) is 0 Å². The molecule has 0 amide bonds. The number of halogens is 2. The van der Waals surface area contributed by atoms with Crippen molar-refractivity contribution in [2.24, 2.45) is 0 Å². The molecule has 1 aliphatic heterocycles. The Labute approximate surface area is 131 Å². The second-order valence-corrected chi connectivity index (χ2v) is 5.40. The standard InChI is InChI=1S/C12H15Cl2N3O4/c1-6(3-20-4-7-5-21-7)15-2-8-9(13)10(11(18)19)17-12(14)16-8/h6-7,15H,2-5H2,1H3,(H,18,19)/t6?,7-/m1/s1. The van der Waals surface area contributed by atoms with Crippen molar-refractivity contribution in [3.8, 4) is 0 Å². The van der Waals surface area contributed by atoms with Crippen molar-refractivity contribution < 1.29 is 19.4 Å². The predicted molar refractivity (Wildman–Crippen MR) is 75.9 cm³/mol. The summed E-state index contributed by atoms with van der Waals surface area (Å²) in [6, 6.07) is 0.0434. The van der Waals surface area contributed by atoms with Gasteiger partial charge in [0, 0.05) is 12.6 Å². The van der Waals surface area contributed by atoms with Crippen molar-refractivity contribution in [2.75, 3.05) is 19.8 Å². The molecule has 0 saturated carbocycles. The molecule has 7 nitrogen and oxygen atoms in total. The van der Waals surface area contributed by atoms with Crippen LogP contribution in [0.1, 0.15) is 23.1 Å². The molecule has 1 saturated heterocycles. The summed E-state index contributed by atoms with van der Waals surface area (Å²) in [6.45, 7) is 4.04. The van der Waals surface area contributed by atoms with Gasteiger partial charge in [-0.1, -0.05) is 11.6 Å². The Hall–Kier alpha value is -0.990. The van der Waals surface area contributed by atoms with Crippen molar-refractivity contribution in [3.05, 3.63) is 21.7 Å². The van der Waals surface area contributed by atoms with Crippen molar-refractivity contribution in [2.45, 2.75) is 25.6 Å². The molecule has 2 atom stereocenters. The Morgan fingerprint density at radius 3 is 2.90 bits per heavy atom. The monoisotopic (exact) mass is 335 g/mol. The molecule has 0 spiro atoms. The molecule has 21 heavy (non-hydrogen) atoms. The number of carboxylic acid groups (broad SMARTS) is 1. The Morgan fingerprint density at radius 2 is 2.29 bits per heavy atom. The number of hydrogen-bond donors (Lipinski definition) is 2. The maximum atomic E-state index is 11.0. The van der Waals surface area contributed by atoms with E-state index in [9.17, 15) is 4.79 Å². The fraction of sp³-hybridized carbons (Fsp3) is 0.583. The summed E-state index contributed by atoms with van der Waals surface area (Å²) in [5.41, 5.74) is 0.0368. The zero-order valence-electron chi connectivity index (χ0n) is 11.3. The molecule has 116 valence electrons. The smallest absolute Gasteiger partial charge is 0.356 e. The van der Waals surface area contributed by atoms with Crippen LogP contribution < -0.4 is 5.32 Å². The number of epoxide rings is 1. The molecular weight excluding hydrogens is 321 g/mol. The minimum absolute atomic E-state index is 0.0149. The molecule has 2 rings (SSSR count). The molecule has 9 heteroatoms. The topological polar surface area (TPSA) is 96.9 Å². The van der Waals surface area contributed by atoms with Gasteiger partial charge in [0.25, 0.3) is 0 Å². The first kappa shape index (κ1) is 16.4. The van der Waals surface area contributed by atoms with Crippen LogP contribution in [0.3, 0.4) is 0 Å². The van der Waals surface area contributed by atoms with Gasteiger partial charge in [0.05, 0.1) is 30.5 Å². The number of nitrogens with one attached hydrogen (secondary N) is 1. The molecule has 1 unspecified atom stereocenters. The van der Waals surface area contributed by atoms with E-state index in [1.54, 1.807) is 0 Å². The van der Waals surface area contributed by atoms with Crippen LogP contribution in [0.2, 0.25) is 10.3 Å². The second kappa shape index (κ2) is 7.33. The van der Waals surface area contributed by atoms with Crippen LogP contribution in [0.4, 0.5) is 0 Å². The normalized spacial score (nSPS) is 18.5. The molecule has 1 aliphatic rings. The zero-order chi connectivity index (χ0) is 15.4. The van der Waals surface area contributed by atoms with Crippen LogP contribution in [-0.2, 0) is 16.0 Å². The number of rotatable bonds is 8. The van der Waals surface area contributed by atoms with Gasteiger partial charge < -0.3 is 19.9 Å². The Morgan fingerprint density at radius 1 is 1.57 bits per heavy atom. The van der Waals surface area contributed by atoms with Gasteiger partial charge in [-0.05, 0) is 18.5 Å². The summed E-state index contributed by atoms with van der Waals surface area (Å²) in [5, 5.41) is 12.0. The second-order valence-electron chi connectivity index (χ2n) is 4.68. The number of carboxylic acids is 1. The number of carbonyl (C=O) groups is 1. The Balaban J connectivity index is 1.87. The van der Waals surface area contributed by atoms with Crippen LogP contribution in [-0.4, -0.2) is 53.0 Å². The number of ether oxygens (including phenoxy) is 2. The minimum atomic E-state index is -1.24. The van der Waals surface area contributed by atoms with Gasteiger partial charge >= 0.3 is 5.97 Å². The lowest BCUT2D eigenvalue weighted by Gasteiger charge is -2.14. The summed E-state index contributed by atoms with van der Waals surface area (Å²) in [4.78, 5) is 18.5. The van der Waals surface area contributed by atoms with Gasteiger partial charge in [0.1, 0.15) is 6.10 Å². The van der Waals surface area contributed by atoms with Crippen molar-refractivity contribution in [3.63, 3.8) is 0 Å². The third-order valence-corrected chi connectivity index (χ3v) is 3.35. The lowest BCUT2D eigenvalue weighted by Crippen LogP contribution is -2.31. The molecule has 0 bridgehead atoms. The summed E-state index contributed by atoms with van der Waals surface area (Å²) >= 11 is 11.7. The quantitative estimate of drug-likeness (QED) is 0.547. The van der Waals surface area contributed by atoms with Crippen LogP contribution in [0.5, 0.6) is 0 Å². The van der Waals surface area contributed by atoms with E-state index in [4.69, 9.17) is 37.8 Å². The van der Waals surface area contributed by atoms with Gasteiger partial charge in [-0.3, -0.25) is 0 Å². The average molecular weight is 336 g/mol. The van der Waals surface area contributed by atoms with E-state index in [-0.39, 0.29) is 34.7 Å². The van der Waals surface area contributed by atoms with Gasteiger partial charge in [-0.25, -0.2) is 14.8 Å². The lowest BCUT2D eigenvalue weighted by molar-refractivity contribution is 0.0690. The average Bonchev–Trinajstić information content (AvgIpc) is 3.23. The number of aromatic carboxylic acids is 1. The number of nitrogens with zero attached hydrogens (tertiary/aromatic N) is 2. The molecule has 1 fully saturated rings. The molecular formula is C12H15Cl2N3O4. The lowest BCUT2D eigenvalue weighted by atomic mass is 10.3. The van der Waals surface area contributed by atoms with Crippen molar-refractivity contribution >= 4 is 29.2 Å².